The molecule has 0 unspecified atom stereocenters. The van der Waals surface area contributed by atoms with Crippen LogP contribution in [0, 0.1) is 12.3 Å². The molecule has 1 aromatic heterocycles. The SMILES string of the molecule is Cc1nc2c(c(Cl)c1NO)CCC(C)(C)CC2. The summed E-state index contributed by atoms with van der Waals surface area (Å²) in [4.78, 5) is 4.56. The summed E-state index contributed by atoms with van der Waals surface area (Å²) >= 11 is 6.34. The Bertz CT molecular complexity index is 444. The van der Waals surface area contributed by atoms with E-state index < -0.39 is 0 Å². The maximum Gasteiger partial charge on any atom is 0.100 e. The van der Waals surface area contributed by atoms with Gasteiger partial charge >= 0.3 is 0 Å². The van der Waals surface area contributed by atoms with E-state index in [1.807, 2.05) is 6.92 Å². The van der Waals surface area contributed by atoms with Crippen LogP contribution >= 0.6 is 11.6 Å². The van der Waals surface area contributed by atoms with Crippen molar-refractivity contribution in [1.82, 2.24) is 4.98 Å². The summed E-state index contributed by atoms with van der Waals surface area (Å²) in [6.45, 7) is 6.43. The minimum atomic E-state index is 0.338. The number of fused-ring (bicyclic) bond motifs is 1. The monoisotopic (exact) mass is 254 g/mol. The molecule has 1 aliphatic carbocycles. The Morgan fingerprint density at radius 2 is 1.94 bits per heavy atom. The average Bonchev–Trinajstić information content (AvgIpc) is 2.39. The first-order valence-corrected chi connectivity index (χ1v) is 6.40. The maximum absolute atomic E-state index is 9.10. The molecule has 2 rings (SSSR count). The van der Waals surface area contributed by atoms with Gasteiger partial charge in [0.15, 0.2) is 0 Å². The second-order valence-electron chi connectivity index (χ2n) is 5.59. The van der Waals surface area contributed by atoms with Gasteiger partial charge in [-0.2, -0.15) is 0 Å². The fourth-order valence-electron chi connectivity index (χ4n) is 2.40. The van der Waals surface area contributed by atoms with Crippen LogP contribution in [-0.2, 0) is 12.8 Å². The highest BCUT2D eigenvalue weighted by molar-refractivity contribution is 6.34. The third-order valence-electron chi connectivity index (χ3n) is 3.70. The highest BCUT2D eigenvalue weighted by Gasteiger charge is 2.26. The van der Waals surface area contributed by atoms with Gasteiger partial charge in [0, 0.05) is 5.69 Å². The predicted octanol–water partition coefficient (Wildman–Crippen LogP) is 3.75. The normalized spacial score (nSPS) is 18.4. The van der Waals surface area contributed by atoms with E-state index in [0.717, 1.165) is 42.6 Å². The number of nitrogens with one attached hydrogen (secondary N) is 1. The molecule has 1 aliphatic rings. The van der Waals surface area contributed by atoms with E-state index in [-0.39, 0.29) is 0 Å². The number of halogens is 1. The number of pyridine rings is 1. The van der Waals surface area contributed by atoms with Gasteiger partial charge in [0.25, 0.3) is 0 Å². The molecule has 0 saturated carbocycles. The van der Waals surface area contributed by atoms with Crippen molar-refractivity contribution in [3.63, 3.8) is 0 Å². The van der Waals surface area contributed by atoms with Crippen molar-refractivity contribution in [1.29, 1.82) is 0 Å². The zero-order chi connectivity index (χ0) is 12.6. The molecule has 0 fully saturated rings. The Morgan fingerprint density at radius 1 is 1.29 bits per heavy atom. The van der Waals surface area contributed by atoms with E-state index >= 15 is 0 Å². The van der Waals surface area contributed by atoms with Gasteiger partial charge in [-0.1, -0.05) is 25.4 Å². The van der Waals surface area contributed by atoms with Crippen molar-refractivity contribution < 1.29 is 5.21 Å². The molecule has 1 aromatic rings. The molecule has 0 radical (unpaired) electrons. The standard InChI is InChI=1S/C13H19ClN2O/c1-8-12(16-17)11(14)9-4-6-13(2,3)7-5-10(9)15-8/h16-17H,4-7H2,1-3H3. The zero-order valence-electron chi connectivity index (χ0n) is 10.6. The molecule has 1 heterocycles. The van der Waals surface area contributed by atoms with Gasteiger partial charge < -0.3 is 0 Å². The van der Waals surface area contributed by atoms with Gasteiger partial charge in [0.2, 0.25) is 0 Å². The van der Waals surface area contributed by atoms with Crippen LogP contribution in [-0.4, -0.2) is 10.2 Å². The van der Waals surface area contributed by atoms with Crippen LogP contribution in [0.1, 0.15) is 43.6 Å². The van der Waals surface area contributed by atoms with Crippen LogP contribution in [0.3, 0.4) is 0 Å². The summed E-state index contributed by atoms with van der Waals surface area (Å²) in [5, 5.41) is 9.73. The fraction of sp³-hybridized carbons (Fsp3) is 0.615. The number of hydrogen-bond donors (Lipinski definition) is 2. The van der Waals surface area contributed by atoms with Crippen molar-refractivity contribution in [2.75, 3.05) is 5.48 Å². The average molecular weight is 255 g/mol. The molecule has 0 spiro atoms. The molecule has 17 heavy (non-hydrogen) atoms. The van der Waals surface area contributed by atoms with Gasteiger partial charge in [0.05, 0.1) is 10.7 Å². The second kappa shape index (κ2) is 4.46. The summed E-state index contributed by atoms with van der Waals surface area (Å²) in [7, 11) is 0. The third-order valence-corrected chi connectivity index (χ3v) is 4.12. The topological polar surface area (TPSA) is 45.2 Å². The summed E-state index contributed by atoms with van der Waals surface area (Å²) in [5.41, 5.74) is 6.00. The first-order chi connectivity index (χ1) is 7.94. The van der Waals surface area contributed by atoms with Crippen LogP contribution in [0.5, 0.6) is 0 Å². The zero-order valence-corrected chi connectivity index (χ0v) is 11.4. The minimum absolute atomic E-state index is 0.338. The lowest BCUT2D eigenvalue weighted by atomic mass is 9.85. The second-order valence-corrected chi connectivity index (χ2v) is 5.97. The Morgan fingerprint density at radius 3 is 2.59 bits per heavy atom. The maximum atomic E-state index is 9.10. The van der Waals surface area contributed by atoms with Gasteiger partial charge in [-0.05, 0) is 43.6 Å². The molecule has 94 valence electrons. The first kappa shape index (κ1) is 12.7. The summed E-state index contributed by atoms with van der Waals surface area (Å²) in [6, 6.07) is 0. The summed E-state index contributed by atoms with van der Waals surface area (Å²) in [6.07, 6.45) is 4.14. The number of aromatic nitrogens is 1. The van der Waals surface area contributed by atoms with E-state index in [9.17, 15) is 0 Å². The molecule has 0 atom stereocenters. The smallest absolute Gasteiger partial charge is 0.100 e. The lowest BCUT2D eigenvalue weighted by Crippen LogP contribution is -2.10. The van der Waals surface area contributed by atoms with Gasteiger partial charge in [-0.15, -0.1) is 0 Å². The van der Waals surface area contributed by atoms with Crippen LogP contribution in [0.15, 0.2) is 0 Å². The molecule has 0 aliphatic heterocycles. The molecule has 0 saturated heterocycles. The Hall–Kier alpha value is -0.800. The van der Waals surface area contributed by atoms with Crippen molar-refractivity contribution in [3.05, 3.63) is 22.0 Å². The Balaban J connectivity index is 2.47. The number of nitrogens with zero attached hydrogens (tertiary/aromatic N) is 1. The fourth-order valence-corrected chi connectivity index (χ4v) is 2.78. The quantitative estimate of drug-likeness (QED) is 0.593. The lowest BCUT2D eigenvalue weighted by Gasteiger charge is -2.21. The van der Waals surface area contributed by atoms with E-state index in [2.05, 4.69) is 24.3 Å². The Kier molecular flexibility index (Phi) is 3.32. The highest BCUT2D eigenvalue weighted by atomic mass is 35.5. The van der Waals surface area contributed by atoms with Crippen LogP contribution < -0.4 is 5.48 Å². The van der Waals surface area contributed by atoms with Crippen molar-refractivity contribution >= 4 is 17.3 Å². The highest BCUT2D eigenvalue weighted by Crippen LogP contribution is 2.38. The number of rotatable bonds is 1. The Labute approximate surface area is 107 Å². The number of aryl methyl sites for hydroxylation is 2. The molecular formula is C13H19ClN2O. The van der Waals surface area contributed by atoms with Crippen molar-refractivity contribution in [2.24, 2.45) is 5.41 Å². The van der Waals surface area contributed by atoms with Gasteiger partial charge in [-0.3, -0.25) is 15.7 Å². The summed E-state index contributed by atoms with van der Waals surface area (Å²) < 4.78 is 0. The molecule has 4 heteroatoms. The lowest BCUT2D eigenvalue weighted by molar-refractivity contribution is 0.317. The summed E-state index contributed by atoms with van der Waals surface area (Å²) in [5.74, 6) is 0. The first-order valence-electron chi connectivity index (χ1n) is 6.02. The number of anilines is 1. The molecule has 0 aromatic carbocycles. The number of hydrogen-bond acceptors (Lipinski definition) is 3. The van der Waals surface area contributed by atoms with E-state index in [1.54, 1.807) is 0 Å². The minimum Gasteiger partial charge on any atom is -0.291 e. The van der Waals surface area contributed by atoms with Gasteiger partial charge in [-0.25, -0.2) is 0 Å². The van der Waals surface area contributed by atoms with E-state index in [0.29, 0.717) is 16.1 Å². The van der Waals surface area contributed by atoms with Crippen LogP contribution in [0.2, 0.25) is 5.02 Å². The van der Waals surface area contributed by atoms with E-state index in [1.165, 1.54) is 0 Å². The largest absolute Gasteiger partial charge is 0.291 e. The van der Waals surface area contributed by atoms with Gasteiger partial charge in [0.1, 0.15) is 5.69 Å². The van der Waals surface area contributed by atoms with Crippen molar-refractivity contribution in [2.45, 2.75) is 46.5 Å². The molecule has 0 bridgehead atoms. The molecule has 3 nitrogen and oxygen atoms in total. The van der Waals surface area contributed by atoms with Crippen LogP contribution in [0.4, 0.5) is 5.69 Å². The molecule has 0 amide bonds. The van der Waals surface area contributed by atoms with Crippen LogP contribution in [0.25, 0.3) is 0 Å². The molecular weight excluding hydrogens is 236 g/mol. The van der Waals surface area contributed by atoms with E-state index in [4.69, 9.17) is 16.8 Å². The third kappa shape index (κ3) is 2.40. The predicted molar refractivity (Wildman–Crippen MR) is 69.8 cm³/mol. The van der Waals surface area contributed by atoms with Crippen molar-refractivity contribution in [3.8, 4) is 0 Å². The molecule has 2 N–H and O–H groups in total.